The molecular weight excluding hydrogens is 358 g/mol. The normalized spacial score (nSPS) is 10.9. The Balaban J connectivity index is 1.47. The number of nitrogens with zero attached hydrogens (tertiary/aromatic N) is 4. The lowest BCUT2D eigenvalue weighted by Gasteiger charge is -2.04. The second kappa shape index (κ2) is 6.27. The lowest BCUT2D eigenvalue weighted by molar-refractivity contribution is -0.115. The number of amides is 1. The number of hydrogen-bond acceptors (Lipinski definition) is 6. The number of hydrogen-bond donors (Lipinski definition) is 1. The van der Waals surface area contributed by atoms with Crippen LogP contribution in [0.5, 0.6) is 0 Å². The number of carbonyl (C=O) groups is 1. The highest BCUT2D eigenvalue weighted by Crippen LogP contribution is 2.19. The van der Waals surface area contributed by atoms with Gasteiger partial charge in [0.15, 0.2) is 0 Å². The van der Waals surface area contributed by atoms with E-state index in [1.165, 1.54) is 22.6 Å². The predicted octanol–water partition coefficient (Wildman–Crippen LogP) is 2.60. The number of nitrogens with one attached hydrogen (secondary N) is 1. The first kappa shape index (κ1) is 14.1. The molecule has 108 valence electrons. The molecule has 0 fully saturated rings. The first-order valence-corrected chi connectivity index (χ1v) is 7.83. The lowest BCUT2D eigenvalue weighted by Crippen LogP contribution is -2.11. The molecule has 0 aliphatic heterocycles. The maximum absolute atomic E-state index is 11.8. The topological polar surface area (TPSA) is 85.3 Å². The number of rotatable bonds is 5. The van der Waals surface area contributed by atoms with Gasteiger partial charge in [-0.1, -0.05) is 32.8 Å². The Labute approximate surface area is 132 Å². The molecule has 2 heterocycles. The van der Waals surface area contributed by atoms with Crippen LogP contribution in [0.15, 0.2) is 44.7 Å². The molecule has 3 rings (SSSR count). The second-order valence-corrected chi connectivity index (χ2v) is 6.04. The molecule has 0 spiro atoms. The van der Waals surface area contributed by atoms with Crippen LogP contribution in [0.2, 0.25) is 0 Å². The minimum Gasteiger partial charge on any atom is -0.396 e. The Kier molecular flexibility index (Phi) is 4.20. The standard InChI is InChI=1S/C12H10BrN5O2S/c13-8-1-3-9(4-2-8)15-10(19)5-6-21-12-17-18-7-14-16-11(18)20-12/h1-4,7H,5-6H2,(H,15,19). The number of halogens is 1. The van der Waals surface area contributed by atoms with Crippen LogP contribution in [0.3, 0.4) is 0 Å². The van der Waals surface area contributed by atoms with Crippen molar-refractivity contribution in [2.24, 2.45) is 0 Å². The van der Waals surface area contributed by atoms with E-state index in [-0.39, 0.29) is 5.91 Å². The van der Waals surface area contributed by atoms with E-state index in [0.29, 0.717) is 23.2 Å². The van der Waals surface area contributed by atoms with Gasteiger partial charge in [-0.25, -0.2) is 0 Å². The number of thioether (sulfide) groups is 1. The average molecular weight is 368 g/mol. The quantitative estimate of drug-likeness (QED) is 0.697. The van der Waals surface area contributed by atoms with Crippen molar-refractivity contribution < 1.29 is 9.21 Å². The summed E-state index contributed by atoms with van der Waals surface area (Å²) in [5, 5.41) is 14.8. The summed E-state index contributed by atoms with van der Waals surface area (Å²) < 4.78 is 7.75. The summed E-state index contributed by atoms with van der Waals surface area (Å²) in [6.07, 6.45) is 1.83. The van der Waals surface area contributed by atoms with Gasteiger partial charge in [-0.2, -0.15) is 4.52 Å². The molecular formula is C12H10BrN5O2S. The molecule has 2 aromatic heterocycles. The van der Waals surface area contributed by atoms with Crippen LogP contribution in [0.25, 0.3) is 5.84 Å². The fourth-order valence-electron chi connectivity index (χ4n) is 1.59. The van der Waals surface area contributed by atoms with Crippen LogP contribution in [-0.2, 0) is 4.79 Å². The summed E-state index contributed by atoms with van der Waals surface area (Å²) in [6, 6.07) is 7.43. The fraction of sp³-hybridized carbons (Fsp3) is 0.167. The van der Waals surface area contributed by atoms with Crippen molar-refractivity contribution in [2.45, 2.75) is 11.6 Å². The Bertz CT molecular complexity index is 726. The maximum atomic E-state index is 11.8. The average Bonchev–Trinajstić information content (AvgIpc) is 3.02. The van der Waals surface area contributed by atoms with E-state index in [2.05, 4.69) is 36.5 Å². The van der Waals surface area contributed by atoms with Gasteiger partial charge in [-0.05, 0) is 24.3 Å². The molecule has 0 aliphatic carbocycles. The van der Waals surface area contributed by atoms with Crippen molar-refractivity contribution in [3.63, 3.8) is 0 Å². The van der Waals surface area contributed by atoms with Gasteiger partial charge in [0.05, 0.1) is 0 Å². The Hall–Kier alpha value is -1.87. The van der Waals surface area contributed by atoms with Gasteiger partial charge in [0.25, 0.3) is 5.22 Å². The molecule has 0 radical (unpaired) electrons. The molecule has 3 aromatic rings. The molecule has 0 bridgehead atoms. The van der Waals surface area contributed by atoms with E-state index >= 15 is 0 Å². The molecule has 21 heavy (non-hydrogen) atoms. The first-order chi connectivity index (χ1) is 10.2. The SMILES string of the molecule is O=C(CCSc1nn2cnnc2o1)Nc1ccc(Br)cc1. The van der Waals surface area contributed by atoms with Gasteiger partial charge in [0, 0.05) is 22.3 Å². The maximum Gasteiger partial charge on any atom is 0.345 e. The van der Waals surface area contributed by atoms with E-state index in [0.717, 1.165) is 10.2 Å². The molecule has 0 unspecified atom stereocenters. The van der Waals surface area contributed by atoms with Crippen molar-refractivity contribution in [2.75, 3.05) is 11.1 Å². The first-order valence-electron chi connectivity index (χ1n) is 6.06. The number of carbonyl (C=O) groups excluding carboxylic acids is 1. The number of anilines is 1. The molecule has 1 N–H and O–H groups in total. The molecule has 1 amide bonds. The van der Waals surface area contributed by atoms with Crippen molar-refractivity contribution in [1.82, 2.24) is 19.8 Å². The van der Waals surface area contributed by atoms with E-state index in [1.54, 1.807) is 0 Å². The third-order valence-electron chi connectivity index (χ3n) is 2.55. The van der Waals surface area contributed by atoms with Crippen molar-refractivity contribution in [1.29, 1.82) is 0 Å². The van der Waals surface area contributed by atoms with Gasteiger partial charge in [0.1, 0.15) is 6.33 Å². The van der Waals surface area contributed by atoms with Crippen molar-refractivity contribution >= 4 is 45.1 Å². The van der Waals surface area contributed by atoms with E-state index < -0.39 is 0 Å². The molecule has 0 atom stereocenters. The van der Waals surface area contributed by atoms with Crippen LogP contribution < -0.4 is 5.32 Å². The minimum atomic E-state index is -0.0529. The molecule has 0 saturated heterocycles. The largest absolute Gasteiger partial charge is 0.396 e. The summed E-state index contributed by atoms with van der Waals surface area (Å²) in [6.45, 7) is 0. The highest BCUT2D eigenvalue weighted by atomic mass is 79.9. The predicted molar refractivity (Wildman–Crippen MR) is 81.2 cm³/mol. The number of benzene rings is 1. The minimum absolute atomic E-state index is 0.0529. The van der Waals surface area contributed by atoms with Crippen molar-refractivity contribution in [3.05, 3.63) is 35.1 Å². The summed E-state index contributed by atoms with van der Waals surface area (Å²) in [5.41, 5.74) is 0.772. The van der Waals surface area contributed by atoms with Crippen LogP contribution >= 0.6 is 27.7 Å². The van der Waals surface area contributed by atoms with Gasteiger partial charge in [-0.3, -0.25) is 4.79 Å². The summed E-state index contributed by atoms with van der Waals surface area (Å²) >= 11 is 4.70. The van der Waals surface area contributed by atoms with Gasteiger partial charge >= 0.3 is 5.84 Å². The highest BCUT2D eigenvalue weighted by molar-refractivity contribution is 9.10. The molecule has 0 aliphatic rings. The summed E-state index contributed by atoms with van der Waals surface area (Å²) in [7, 11) is 0. The Morgan fingerprint density at radius 3 is 2.95 bits per heavy atom. The van der Waals surface area contributed by atoms with Gasteiger partial charge in [0.2, 0.25) is 5.91 Å². The van der Waals surface area contributed by atoms with E-state index in [4.69, 9.17) is 4.42 Å². The smallest absolute Gasteiger partial charge is 0.345 e. The Morgan fingerprint density at radius 2 is 2.19 bits per heavy atom. The van der Waals surface area contributed by atoms with E-state index in [9.17, 15) is 4.79 Å². The van der Waals surface area contributed by atoms with Crippen LogP contribution in [0.1, 0.15) is 6.42 Å². The highest BCUT2D eigenvalue weighted by Gasteiger charge is 2.09. The third-order valence-corrected chi connectivity index (χ3v) is 3.90. The van der Waals surface area contributed by atoms with Gasteiger partial charge < -0.3 is 9.73 Å². The van der Waals surface area contributed by atoms with Crippen LogP contribution in [-0.4, -0.2) is 31.5 Å². The van der Waals surface area contributed by atoms with Crippen LogP contribution in [0.4, 0.5) is 5.69 Å². The van der Waals surface area contributed by atoms with E-state index in [1.807, 2.05) is 24.3 Å². The molecule has 9 heteroatoms. The second-order valence-electron chi connectivity index (χ2n) is 4.08. The zero-order valence-electron chi connectivity index (χ0n) is 10.7. The lowest BCUT2D eigenvalue weighted by atomic mass is 10.3. The van der Waals surface area contributed by atoms with Crippen molar-refractivity contribution in [3.8, 4) is 0 Å². The molecule has 7 nitrogen and oxygen atoms in total. The molecule has 0 saturated carbocycles. The summed E-state index contributed by atoms with van der Waals surface area (Å²) in [5.74, 6) is 0.860. The fourth-order valence-corrected chi connectivity index (χ4v) is 2.59. The van der Waals surface area contributed by atoms with Gasteiger partial charge in [-0.15, -0.1) is 10.2 Å². The number of aromatic nitrogens is 4. The third kappa shape index (κ3) is 3.61. The Morgan fingerprint density at radius 1 is 1.38 bits per heavy atom. The van der Waals surface area contributed by atoms with Crippen LogP contribution in [0, 0.1) is 0 Å². The monoisotopic (exact) mass is 367 g/mol. The molecule has 1 aromatic carbocycles. The zero-order valence-corrected chi connectivity index (χ0v) is 13.1. The zero-order chi connectivity index (χ0) is 14.7. The number of fused-ring (bicyclic) bond motifs is 1. The summed E-state index contributed by atoms with van der Waals surface area (Å²) in [4.78, 5) is 11.8.